The molecule has 0 unspecified atom stereocenters. The lowest BCUT2D eigenvalue weighted by Crippen LogP contribution is -2.50. The molecule has 0 bridgehead atoms. The molecule has 0 spiro atoms. The SMILES string of the molecule is CC(C)(C)N(CC(=O)O)C(=O)Nc1cccc([N+](=O)[O-])c1. The first-order chi connectivity index (χ1) is 9.61. The molecule has 0 atom stereocenters. The van der Waals surface area contributed by atoms with E-state index in [0.29, 0.717) is 0 Å². The average molecular weight is 295 g/mol. The van der Waals surface area contributed by atoms with E-state index in [2.05, 4.69) is 5.32 Å². The Balaban J connectivity index is 2.94. The monoisotopic (exact) mass is 295 g/mol. The third-order valence-electron chi connectivity index (χ3n) is 2.66. The predicted octanol–water partition coefficient (Wildman–Crippen LogP) is 2.31. The third-order valence-corrected chi connectivity index (χ3v) is 2.66. The van der Waals surface area contributed by atoms with Gasteiger partial charge in [-0.05, 0) is 26.8 Å². The molecule has 0 aliphatic heterocycles. The van der Waals surface area contributed by atoms with Crippen molar-refractivity contribution < 1.29 is 19.6 Å². The molecule has 21 heavy (non-hydrogen) atoms. The van der Waals surface area contributed by atoms with Gasteiger partial charge in [-0.15, -0.1) is 0 Å². The number of anilines is 1. The van der Waals surface area contributed by atoms with Crippen LogP contribution in [0.25, 0.3) is 0 Å². The van der Waals surface area contributed by atoms with Gasteiger partial charge in [0.05, 0.1) is 4.92 Å². The van der Waals surface area contributed by atoms with Crippen LogP contribution in [0.2, 0.25) is 0 Å². The van der Waals surface area contributed by atoms with Crippen molar-refractivity contribution in [3.8, 4) is 0 Å². The number of nitro groups is 1. The van der Waals surface area contributed by atoms with Crippen LogP contribution >= 0.6 is 0 Å². The van der Waals surface area contributed by atoms with Gasteiger partial charge in [-0.25, -0.2) is 4.79 Å². The number of nitro benzene ring substituents is 1. The van der Waals surface area contributed by atoms with Crippen molar-refractivity contribution in [2.45, 2.75) is 26.3 Å². The molecule has 0 radical (unpaired) electrons. The summed E-state index contributed by atoms with van der Waals surface area (Å²) in [5.74, 6) is -1.14. The second kappa shape index (κ2) is 6.21. The predicted molar refractivity (Wildman–Crippen MR) is 76.2 cm³/mol. The van der Waals surface area contributed by atoms with Crippen LogP contribution < -0.4 is 5.32 Å². The number of carboxylic acids is 1. The Kier molecular flexibility index (Phi) is 4.85. The van der Waals surface area contributed by atoms with Crippen molar-refractivity contribution in [3.63, 3.8) is 0 Å². The van der Waals surface area contributed by atoms with Crippen LogP contribution in [-0.2, 0) is 4.79 Å². The molecule has 114 valence electrons. The van der Waals surface area contributed by atoms with E-state index in [4.69, 9.17) is 5.11 Å². The summed E-state index contributed by atoms with van der Waals surface area (Å²) in [5.41, 5.74) is -0.634. The van der Waals surface area contributed by atoms with E-state index in [-0.39, 0.29) is 11.4 Å². The summed E-state index contributed by atoms with van der Waals surface area (Å²) in [7, 11) is 0. The zero-order chi connectivity index (χ0) is 16.2. The Morgan fingerprint density at radius 3 is 2.48 bits per heavy atom. The van der Waals surface area contributed by atoms with Gasteiger partial charge in [0, 0.05) is 23.4 Å². The maximum Gasteiger partial charge on any atom is 0.323 e. The summed E-state index contributed by atoms with van der Waals surface area (Å²) in [4.78, 5) is 34.2. The van der Waals surface area contributed by atoms with E-state index in [1.165, 1.54) is 24.3 Å². The molecule has 1 rings (SSSR count). The highest BCUT2D eigenvalue weighted by atomic mass is 16.6. The number of nitrogens with zero attached hydrogens (tertiary/aromatic N) is 2. The number of nitrogens with one attached hydrogen (secondary N) is 1. The van der Waals surface area contributed by atoms with E-state index in [1.54, 1.807) is 20.8 Å². The number of rotatable bonds is 4. The second-order valence-corrected chi connectivity index (χ2v) is 5.39. The maximum absolute atomic E-state index is 12.2. The number of benzene rings is 1. The summed E-state index contributed by atoms with van der Waals surface area (Å²) in [6, 6.07) is 4.80. The molecule has 8 nitrogen and oxygen atoms in total. The van der Waals surface area contributed by atoms with E-state index < -0.39 is 29.0 Å². The molecular weight excluding hydrogens is 278 g/mol. The molecule has 0 saturated heterocycles. The van der Waals surface area contributed by atoms with Crippen LogP contribution in [0.1, 0.15) is 20.8 Å². The zero-order valence-corrected chi connectivity index (χ0v) is 12.0. The first kappa shape index (κ1) is 16.4. The van der Waals surface area contributed by atoms with Crippen molar-refractivity contribution in [1.82, 2.24) is 4.90 Å². The normalized spacial score (nSPS) is 10.8. The number of urea groups is 1. The summed E-state index contributed by atoms with van der Waals surface area (Å²) in [5, 5.41) is 22.0. The van der Waals surface area contributed by atoms with Gasteiger partial charge in [-0.2, -0.15) is 0 Å². The summed E-state index contributed by atoms with van der Waals surface area (Å²) in [6.07, 6.45) is 0. The molecule has 2 amide bonds. The van der Waals surface area contributed by atoms with E-state index in [9.17, 15) is 19.7 Å². The zero-order valence-electron chi connectivity index (χ0n) is 12.0. The molecule has 1 aromatic rings. The van der Waals surface area contributed by atoms with Crippen LogP contribution in [0.5, 0.6) is 0 Å². The van der Waals surface area contributed by atoms with Gasteiger partial charge in [0.1, 0.15) is 6.54 Å². The van der Waals surface area contributed by atoms with Crippen LogP contribution in [-0.4, -0.2) is 39.0 Å². The van der Waals surface area contributed by atoms with Crippen LogP contribution in [0.4, 0.5) is 16.2 Å². The highest BCUT2D eigenvalue weighted by Crippen LogP contribution is 2.19. The minimum absolute atomic E-state index is 0.159. The van der Waals surface area contributed by atoms with Gasteiger partial charge in [0.25, 0.3) is 5.69 Å². The topological polar surface area (TPSA) is 113 Å². The van der Waals surface area contributed by atoms with Crippen LogP contribution in [0.3, 0.4) is 0 Å². The number of hydrogen-bond donors (Lipinski definition) is 2. The number of carbonyl (C=O) groups is 2. The lowest BCUT2D eigenvalue weighted by molar-refractivity contribution is -0.384. The Labute approximate surface area is 121 Å². The number of carbonyl (C=O) groups excluding carboxylic acids is 1. The van der Waals surface area contributed by atoms with Gasteiger partial charge < -0.3 is 15.3 Å². The smallest absolute Gasteiger partial charge is 0.323 e. The Morgan fingerprint density at radius 1 is 1.38 bits per heavy atom. The molecular formula is C13H17N3O5. The number of non-ortho nitro benzene ring substituents is 1. The van der Waals surface area contributed by atoms with Gasteiger partial charge in [0.15, 0.2) is 0 Å². The van der Waals surface area contributed by atoms with Crippen molar-refractivity contribution in [2.75, 3.05) is 11.9 Å². The van der Waals surface area contributed by atoms with Crippen molar-refractivity contribution >= 4 is 23.4 Å². The molecule has 1 aromatic carbocycles. The van der Waals surface area contributed by atoms with Gasteiger partial charge in [-0.3, -0.25) is 14.9 Å². The second-order valence-electron chi connectivity index (χ2n) is 5.39. The number of carboxylic acid groups (broad SMARTS) is 1. The van der Waals surface area contributed by atoms with Crippen molar-refractivity contribution in [3.05, 3.63) is 34.4 Å². The minimum atomic E-state index is -1.14. The highest BCUT2D eigenvalue weighted by Gasteiger charge is 2.28. The number of amides is 2. The fourth-order valence-corrected chi connectivity index (χ4v) is 1.64. The molecule has 0 aliphatic carbocycles. The van der Waals surface area contributed by atoms with E-state index in [1.807, 2.05) is 0 Å². The van der Waals surface area contributed by atoms with Gasteiger partial charge in [-0.1, -0.05) is 6.07 Å². The van der Waals surface area contributed by atoms with Crippen molar-refractivity contribution in [2.24, 2.45) is 0 Å². The largest absolute Gasteiger partial charge is 0.480 e. The van der Waals surface area contributed by atoms with Crippen LogP contribution in [0.15, 0.2) is 24.3 Å². The van der Waals surface area contributed by atoms with Gasteiger partial charge >= 0.3 is 12.0 Å². The summed E-state index contributed by atoms with van der Waals surface area (Å²) < 4.78 is 0. The fraction of sp³-hybridized carbons (Fsp3) is 0.385. The molecule has 0 aliphatic rings. The summed E-state index contributed by atoms with van der Waals surface area (Å²) >= 11 is 0. The lowest BCUT2D eigenvalue weighted by Gasteiger charge is -2.34. The fourth-order valence-electron chi connectivity index (χ4n) is 1.64. The molecule has 0 fully saturated rings. The molecule has 2 N–H and O–H groups in total. The molecule has 0 saturated carbocycles. The first-order valence-corrected chi connectivity index (χ1v) is 6.16. The van der Waals surface area contributed by atoms with Crippen LogP contribution in [0, 0.1) is 10.1 Å². The quantitative estimate of drug-likeness (QED) is 0.653. The lowest BCUT2D eigenvalue weighted by atomic mass is 10.1. The van der Waals surface area contributed by atoms with Gasteiger partial charge in [0.2, 0.25) is 0 Å². The number of aliphatic carboxylic acids is 1. The average Bonchev–Trinajstić information content (AvgIpc) is 2.34. The molecule has 8 heteroatoms. The molecule has 0 heterocycles. The van der Waals surface area contributed by atoms with E-state index in [0.717, 1.165) is 4.90 Å². The Bertz CT molecular complexity index is 565. The molecule has 0 aromatic heterocycles. The highest BCUT2D eigenvalue weighted by molar-refractivity contribution is 5.92. The summed E-state index contributed by atoms with van der Waals surface area (Å²) in [6.45, 7) is 4.62. The van der Waals surface area contributed by atoms with E-state index >= 15 is 0 Å². The third kappa shape index (κ3) is 4.75. The number of hydrogen-bond acceptors (Lipinski definition) is 4. The Morgan fingerprint density at radius 2 is 2.00 bits per heavy atom. The maximum atomic E-state index is 12.2. The Hall–Kier alpha value is -2.64. The van der Waals surface area contributed by atoms with Crippen molar-refractivity contribution in [1.29, 1.82) is 0 Å². The minimum Gasteiger partial charge on any atom is -0.480 e. The standard InChI is InChI=1S/C13H17N3O5/c1-13(2,3)15(8-11(17)18)12(19)14-9-5-4-6-10(7-9)16(20)21/h4-7H,8H2,1-3H3,(H,14,19)(H,17,18). The first-order valence-electron chi connectivity index (χ1n) is 6.16.